The molecular formula is C16H18F3N3O2. The number of hydrogen-bond donors (Lipinski definition) is 0. The number of rotatable bonds is 4. The fourth-order valence-corrected chi connectivity index (χ4v) is 2.95. The van der Waals surface area contributed by atoms with Crippen LogP contribution in [0.25, 0.3) is 0 Å². The second kappa shape index (κ2) is 6.33. The molecule has 0 spiro atoms. The zero-order valence-electron chi connectivity index (χ0n) is 13.2. The van der Waals surface area contributed by atoms with Gasteiger partial charge in [0.2, 0.25) is 5.91 Å². The highest BCUT2D eigenvalue weighted by Crippen LogP contribution is 2.33. The standard InChI is InChI=1S/C16H18F3N3O2/c1-2-11-5-6-13(24-11)12-4-3-8-22(12)15(23)10-21-9-7-14(20-21)16(17,18)19/h5-7,9,12H,2-4,8,10H2,1H3/t12-/m0/s1. The van der Waals surface area contributed by atoms with Gasteiger partial charge in [-0.3, -0.25) is 9.48 Å². The Morgan fingerprint density at radius 3 is 2.79 bits per heavy atom. The molecule has 0 aliphatic carbocycles. The van der Waals surface area contributed by atoms with Crippen molar-refractivity contribution in [2.24, 2.45) is 0 Å². The monoisotopic (exact) mass is 341 g/mol. The molecule has 3 rings (SSSR count). The number of likely N-dealkylation sites (tertiary alicyclic amines) is 1. The van der Waals surface area contributed by atoms with Gasteiger partial charge in [0, 0.05) is 19.2 Å². The summed E-state index contributed by atoms with van der Waals surface area (Å²) in [4.78, 5) is 14.1. The first kappa shape index (κ1) is 16.6. The van der Waals surface area contributed by atoms with E-state index in [0.717, 1.165) is 41.5 Å². The number of amides is 1. The molecule has 1 saturated heterocycles. The summed E-state index contributed by atoms with van der Waals surface area (Å²) in [5.74, 6) is 1.32. The molecule has 1 aliphatic rings. The lowest BCUT2D eigenvalue weighted by molar-refractivity contribution is -0.142. The molecule has 2 aromatic heterocycles. The van der Waals surface area contributed by atoms with Gasteiger partial charge in [-0.25, -0.2) is 0 Å². The van der Waals surface area contributed by atoms with Crippen LogP contribution < -0.4 is 0 Å². The highest BCUT2D eigenvalue weighted by atomic mass is 19.4. The minimum absolute atomic E-state index is 0.157. The van der Waals surface area contributed by atoms with Gasteiger partial charge in [-0.2, -0.15) is 18.3 Å². The van der Waals surface area contributed by atoms with Gasteiger partial charge in [0.25, 0.3) is 0 Å². The second-order valence-corrected chi connectivity index (χ2v) is 5.80. The summed E-state index contributed by atoms with van der Waals surface area (Å²) in [5, 5.41) is 3.43. The third kappa shape index (κ3) is 3.32. The number of halogens is 3. The van der Waals surface area contributed by atoms with Crippen molar-refractivity contribution in [1.29, 1.82) is 0 Å². The van der Waals surface area contributed by atoms with Crippen LogP contribution in [0, 0.1) is 0 Å². The number of hydrogen-bond acceptors (Lipinski definition) is 3. The second-order valence-electron chi connectivity index (χ2n) is 5.80. The van der Waals surface area contributed by atoms with Crippen molar-refractivity contribution < 1.29 is 22.4 Å². The fourth-order valence-electron chi connectivity index (χ4n) is 2.95. The number of nitrogens with zero attached hydrogens (tertiary/aromatic N) is 3. The molecule has 1 atom stereocenters. The van der Waals surface area contributed by atoms with Crippen molar-refractivity contribution in [3.63, 3.8) is 0 Å². The van der Waals surface area contributed by atoms with E-state index in [0.29, 0.717) is 6.54 Å². The zero-order valence-corrected chi connectivity index (χ0v) is 13.2. The third-order valence-electron chi connectivity index (χ3n) is 4.16. The molecule has 1 aliphatic heterocycles. The van der Waals surface area contributed by atoms with Crippen LogP contribution >= 0.6 is 0 Å². The van der Waals surface area contributed by atoms with E-state index in [-0.39, 0.29) is 18.5 Å². The Labute approximate surface area is 137 Å². The minimum atomic E-state index is -4.50. The summed E-state index contributed by atoms with van der Waals surface area (Å²) in [6, 6.07) is 4.47. The molecule has 130 valence electrons. The normalized spacial score (nSPS) is 18.3. The number of alkyl halides is 3. The van der Waals surface area contributed by atoms with Crippen LogP contribution in [-0.4, -0.2) is 27.1 Å². The Kier molecular flexibility index (Phi) is 4.38. The van der Waals surface area contributed by atoms with E-state index in [1.54, 1.807) is 4.90 Å². The van der Waals surface area contributed by atoms with Crippen LogP contribution in [0.3, 0.4) is 0 Å². The van der Waals surface area contributed by atoms with E-state index >= 15 is 0 Å². The van der Waals surface area contributed by atoms with Gasteiger partial charge >= 0.3 is 6.18 Å². The number of aromatic nitrogens is 2. The Morgan fingerprint density at radius 1 is 1.38 bits per heavy atom. The molecule has 2 aromatic rings. The smallest absolute Gasteiger partial charge is 0.435 e. The molecule has 24 heavy (non-hydrogen) atoms. The molecule has 0 saturated carbocycles. The van der Waals surface area contributed by atoms with Crippen molar-refractivity contribution in [3.8, 4) is 0 Å². The van der Waals surface area contributed by atoms with Gasteiger partial charge in [-0.1, -0.05) is 6.92 Å². The average Bonchev–Trinajstić information content (AvgIpc) is 3.25. The maximum atomic E-state index is 12.6. The lowest BCUT2D eigenvalue weighted by atomic mass is 10.1. The third-order valence-corrected chi connectivity index (χ3v) is 4.16. The Balaban J connectivity index is 1.70. The summed E-state index contributed by atoms with van der Waals surface area (Å²) in [6.45, 7) is 2.34. The summed E-state index contributed by atoms with van der Waals surface area (Å²) < 4.78 is 44.5. The lowest BCUT2D eigenvalue weighted by Gasteiger charge is -2.23. The zero-order chi connectivity index (χ0) is 17.3. The Hall–Kier alpha value is -2.25. The number of carbonyl (C=O) groups is 1. The molecular weight excluding hydrogens is 323 g/mol. The molecule has 1 fully saturated rings. The highest BCUT2D eigenvalue weighted by Gasteiger charge is 2.35. The maximum Gasteiger partial charge on any atom is 0.435 e. The van der Waals surface area contributed by atoms with Crippen LogP contribution in [0.2, 0.25) is 0 Å². The molecule has 0 bridgehead atoms. The summed E-state index contributed by atoms with van der Waals surface area (Å²) >= 11 is 0. The van der Waals surface area contributed by atoms with Crippen molar-refractivity contribution >= 4 is 5.91 Å². The Morgan fingerprint density at radius 2 is 2.17 bits per heavy atom. The van der Waals surface area contributed by atoms with Crippen LogP contribution in [0.5, 0.6) is 0 Å². The number of furan rings is 1. The number of aryl methyl sites for hydroxylation is 1. The van der Waals surface area contributed by atoms with Gasteiger partial charge < -0.3 is 9.32 Å². The van der Waals surface area contributed by atoms with E-state index in [1.807, 2.05) is 19.1 Å². The largest absolute Gasteiger partial charge is 0.464 e. The van der Waals surface area contributed by atoms with Gasteiger partial charge in [-0.15, -0.1) is 0 Å². The summed E-state index contributed by atoms with van der Waals surface area (Å²) in [5.41, 5.74) is -0.994. The predicted molar refractivity (Wildman–Crippen MR) is 79.0 cm³/mol. The van der Waals surface area contributed by atoms with E-state index in [1.165, 1.54) is 6.20 Å². The quantitative estimate of drug-likeness (QED) is 0.856. The first-order valence-corrected chi connectivity index (χ1v) is 7.87. The van der Waals surface area contributed by atoms with Gasteiger partial charge in [0.05, 0.1) is 6.04 Å². The van der Waals surface area contributed by atoms with Crippen molar-refractivity contribution in [1.82, 2.24) is 14.7 Å². The summed E-state index contributed by atoms with van der Waals surface area (Å²) in [6.07, 6.45) is -0.932. The lowest BCUT2D eigenvalue weighted by Crippen LogP contribution is -2.33. The molecule has 0 radical (unpaired) electrons. The van der Waals surface area contributed by atoms with Gasteiger partial charge in [0.1, 0.15) is 18.1 Å². The predicted octanol–water partition coefficient (Wildman–Crippen LogP) is 3.42. The van der Waals surface area contributed by atoms with Crippen LogP contribution in [0.1, 0.15) is 43.0 Å². The fraction of sp³-hybridized carbons (Fsp3) is 0.500. The van der Waals surface area contributed by atoms with E-state index in [2.05, 4.69) is 5.10 Å². The molecule has 0 N–H and O–H groups in total. The van der Waals surface area contributed by atoms with Crippen molar-refractivity contribution in [2.45, 2.75) is 44.9 Å². The first-order valence-electron chi connectivity index (χ1n) is 7.87. The van der Waals surface area contributed by atoms with Crippen LogP contribution in [0.15, 0.2) is 28.8 Å². The van der Waals surface area contributed by atoms with E-state index < -0.39 is 11.9 Å². The van der Waals surface area contributed by atoms with Gasteiger partial charge in [0.15, 0.2) is 5.69 Å². The SMILES string of the molecule is CCc1ccc([C@@H]2CCCN2C(=O)Cn2ccc(C(F)(F)F)n2)o1. The highest BCUT2D eigenvalue weighted by molar-refractivity contribution is 5.76. The maximum absolute atomic E-state index is 12.6. The molecule has 0 aromatic carbocycles. The first-order chi connectivity index (χ1) is 11.4. The molecule has 0 unspecified atom stereocenters. The van der Waals surface area contributed by atoms with E-state index in [9.17, 15) is 18.0 Å². The average molecular weight is 341 g/mol. The molecule has 8 heteroatoms. The molecule has 1 amide bonds. The minimum Gasteiger partial charge on any atom is -0.464 e. The topological polar surface area (TPSA) is 51.3 Å². The van der Waals surface area contributed by atoms with E-state index in [4.69, 9.17) is 4.42 Å². The summed E-state index contributed by atoms with van der Waals surface area (Å²) in [7, 11) is 0. The van der Waals surface area contributed by atoms with Crippen LogP contribution in [-0.2, 0) is 23.9 Å². The van der Waals surface area contributed by atoms with Crippen molar-refractivity contribution in [3.05, 3.63) is 41.6 Å². The number of carbonyl (C=O) groups excluding carboxylic acids is 1. The molecule has 5 nitrogen and oxygen atoms in total. The van der Waals surface area contributed by atoms with Crippen LogP contribution in [0.4, 0.5) is 13.2 Å². The van der Waals surface area contributed by atoms with Crippen molar-refractivity contribution in [2.75, 3.05) is 6.54 Å². The molecule has 3 heterocycles. The Bertz CT molecular complexity index is 720. The van der Waals surface area contributed by atoms with Gasteiger partial charge in [-0.05, 0) is 31.0 Å².